The lowest BCUT2D eigenvalue weighted by atomic mass is 9.98. The van der Waals surface area contributed by atoms with Crippen LogP contribution < -0.4 is 5.32 Å². The van der Waals surface area contributed by atoms with Crippen LogP contribution in [0.2, 0.25) is 0 Å². The summed E-state index contributed by atoms with van der Waals surface area (Å²) in [6, 6.07) is 15.8. The summed E-state index contributed by atoms with van der Waals surface area (Å²) in [4.78, 5) is 38.0. The first-order valence-electron chi connectivity index (χ1n) is 9.27. The fraction of sp³-hybridized carbons (Fsp3) is 0.227. The van der Waals surface area contributed by atoms with Crippen LogP contribution in [-0.2, 0) is 9.59 Å². The number of imide groups is 1. The minimum absolute atomic E-state index is 0.0668. The average molecular weight is 412 g/mol. The SMILES string of the molecule is C[C@H](CC(=O)NCCN1C(=O)S/C(=C\c2ccccc2F)C1=O)c1ccccc1. The Morgan fingerprint density at radius 1 is 1.14 bits per heavy atom. The summed E-state index contributed by atoms with van der Waals surface area (Å²) in [7, 11) is 0. The lowest BCUT2D eigenvalue weighted by Crippen LogP contribution is -2.37. The average Bonchev–Trinajstić information content (AvgIpc) is 2.97. The van der Waals surface area contributed by atoms with E-state index in [4.69, 9.17) is 0 Å². The highest BCUT2D eigenvalue weighted by Crippen LogP contribution is 2.32. The van der Waals surface area contributed by atoms with Gasteiger partial charge in [0.1, 0.15) is 5.82 Å². The van der Waals surface area contributed by atoms with E-state index in [1.165, 1.54) is 18.2 Å². The zero-order valence-electron chi connectivity index (χ0n) is 15.9. The zero-order valence-corrected chi connectivity index (χ0v) is 16.7. The molecule has 1 atom stereocenters. The molecule has 0 aliphatic carbocycles. The molecule has 1 aliphatic rings. The second kappa shape index (κ2) is 9.52. The van der Waals surface area contributed by atoms with Gasteiger partial charge in [-0.1, -0.05) is 55.5 Å². The normalized spacial score (nSPS) is 16.3. The lowest BCUT2D eigenvalue weighted by molar-refractivity contribution is -0.124. The van der Waals surface area contributed by atoms with E-state index >= 15 is 0 Å². The molecule has 1 saturated heterocycles. The predicted octanol–water partition coefficient (Wildman–Crippen LogP) is 4.17. The monoisotopic (exact) mass is 412 g/mol. The quantitative estimate of drug-likeness (QED) is 0.693. The van der Waals surface area contributed by atoms with Crippen LogP contribution >= 0.6 is 11.8 Å². The van der Waals surface area contributed by atoms with Gasteiger partial charge in [0.25, 0.3) is 11.1 Å². The molecule has 1 heterocycles. The number of amides is 3. The first-order chi connectivity index (χ1) is 14.0. The van der Waals surface area contributed by atoms with Gasteiger partial charge in [-0.15, -0.1) is 0 Å². The van der Waals surface area contributed by atoms with Crippen LogP contribution in [0.25, 0.3) is 6.08 Å². The molecule has 7 heteroatoms. The van der Waals surface area contributed by atoms with Crippen LogP contribution in [0.1, 0.15) is 30.4 Å². The van der Waals surface area contributed by atoms with Crippen molar-refractivity contribution >= 4 is 34.9 Å². The van der Waals surface area contributed by atoms with Crippen molar-refractivity contribution in [3.8, 4) is 0 Å². The minimum Gasteiger partial charge on any atom is -0.354 e. The van der Waals surface area contributed by atoms with Crippen LogP contribution in [0.5, 0.6) is 0 Å². The molecular formula is C22H21FN2O3S. The topological polar surface area (TPSA) is 66.5 Å². The van der Waals surface area contributed by atoms with Gasteiger partial charge in [-0.25, -0.2) is 4.39 Å². The van der Waals surface area contributed by atoms with Crippen LogP contribution in [0, 0.1) is 5.82 Å². The molecular weight excluding hydrogens is 391 g/mol. The Hall–Kier alpha value is -2.93. The largest absolute Gasteiger partial charge is 0.354 e. The number of carbonyl (C=O) groups excluding carboxylic acids is 3. The fourth-order valence-corrected chi connectivity index (χ4v) is 3.84. The minimum atomic E-state index is -0.477. The number of hydrogen-bond donors (Lipinski definition) is 1. The molecule has 0 spiro atoms. The van der Waals surface area contributed by atoms with E-state index in [9.17, 15) is 18.8 Å². The molecule has 29 heavy (non-hydrogen) atoms. The zero-order chi connectivity index (χ0) is 20.8. The molecule has 3 rings (SSSR count). The molecule has 0 aromatic heterocycles. The molecule has 1 N–H and O–H groups in total. The Kier molecular flexibility index (Phi) is 6.82. The van der Waals surface area contributed by atoms with Gasteiger partial charge >= 0.3 is 0 Å². The van der Waals surface area contributed by atoms with E-state index in [0.717, 1.165) is 22.2 Å². The molecule has 1 fully saturated rings. The molecule has 5 nitrogen and oxygen atoms in total. The Bertz CT molecular complexity index is 946. The summed E-state index contributed by atoms with van der Waals surface area (Å²) in [5.41, 5.74) is 1.33. The maximum Gasteiger partial charge on any atom is 0.293 e. The van der Waals surface area contributed by atoms with Crippen LogP contribution in [0.3, 0.4) is 0 Å². The molecule has 150 valence electrons. The van der Waals surface area contributed by atoms with E-state index in [2.05, 4.69) is 5.32 Å². The first kappa shape index (κ1) is 20.8. The van der Waals surface area contributed by atoms with Gasteiger partial charge in [-0.05, 0) is 35.4 Å². The maximum absolute atomic E-state index is 13.8. The highest BCUT2D eigenvalue weighted by Gasteiger charge is 2.34. The van der Waals surface area contributed by atoms with E-state index in [-0.39, 0.29) is 35.4 Å². The van der Waals surface area contributed by atoms with Gasteiger partial charge in [-0.3, -0.25) is 19.3 Å². The number of nitrogens with one attached hydrogen (secondary N) is 1. The maximum atomic E-state index is 13.8. The number of thioether (sulfide) groups is 1. The Morgan fingerprint density at radius 2 is 1.83 bits per heavy atom. The molecule has 0 radical (unpaired) electrons. The number of nitrogens with zero attached hydrogens (tertiary/aromatic N) is 1. The number of rotatable bonds is 7. The van der Waals surface area contributed by atoms with Crippen LogP contribution in [-0.4, -0.2) is 35.0 Å². The van der Waals surface area contributed by atoms with Crippen molar-refractivity contribution in [2.45, 2.75) is 19.3 Å². The van der Waals surface area contributed by atoms with Gasteiger partial charge in [0.15, 0.2) is 0 Å². The van der Waals surface area contributed by atoms with Crippen molar-refractivity contribution in [3.05, 3.63) is 76.4 Å². The standard InChI is InChI=1S/C22H21FN2O3S/c1-15(16-7-3-2-4-8-16)13-20(26)24-11-12-25-21(27)19(29-22(25)28)14-17-9-5-6-10-18(17)23/h2-10,14-15H,11-13H2,1H3,(H,24,26)/b19-14-/t15-/m1/s1. The molecule has 2 aromatic rings. The van der Waals surface area contributed by atoms with E-state index in [1.54, 1.807) is 12.1 Å². The van der Waals surface area contributed by atoms with Crippen molar-refractivity contribution < 1.29 is 18.8 Å². The molecule has 0 unspecified atom stereocenters. The van der Waals surface area contributed by atoms with E-state index < -0.39 is 17.0 Å². The Morgan fingerprint density at radius 3 is 2.55 bits per heavy atom. The molecule has 1 aliphatic heterocycles. The summed E-state index contributed by atoms with van der Waals surface area (Å²) in [5, 5.41) is 2.32. The number of halogens is 1. The van der Waals surface area contributed by atoms with Crippen molar-refractivity contribution in [1.82, 2.24) is 10.2 Å². The molecule has 3 amide bonds. The van der Waals surface area contributed by atoms with Crippen molar-refractivity contribution in [3.63, 3.8) is 0 Å². The predicted molar refractivity (Wildman–Crippen MR) is 112 cm³/mol. The lowest BCUT2D eigenvalue weighted by Gasteiger charge is -2.15. The first-order valence-corrected chi connectivity index (χ1v) is 10.1. The van der Waals surface area contributed by atoms with E-state index in [0.29, 0.717) is 6.42 Å². The highest BCUT2D eigenvalue weighted by molar-refractivity contribution is 8.18. The summed E-state index contributed by atoms with van der Waals surface area (Å²) in [5.74, 6) is -1.01. The third-order valence-electron chi connectivity index (χ3n) is 4.58. The molecule has 0 saturated carbocycles. The summed E-state index contributed by atoms with van der Waals surface area (Å²) in [6.07, 6.45) is 1.69. The third kappa shape index (κ3) is 5.32. The second-order valence-corrected chi connectivity index (χ2v) is 7.71. The van der Waals surface area contributed by atoms with Crippen molar-refractivity contribution in [2.75, 3.05) is 13.1 Å². The molecule has 0 bridgehead atoms. The van der Waals surface area contributed by atoms with Gasteiger partial charge < -0.3 is 5.32 Å². The Labute approximate surface area is 173 Å². The fourth-order valence-electron chi connectivity index (χ4n) is 2.98. The van der Waals surface area contributed by atoms with Gasteiger partial charge in [0.2, 0.25) is 5.91 Å². The van der Waals surface area contributed by atoms with Crippen molar-refractivity contribution in [1.29, 1.82) is 0 Å². The number of carbonyl (C=O) groups is 3. The Balaban J connectivity index is 1.52. The van der Waals surface area contributed by atoms with Crippen LogP contribution in [0.4, 0.5) is 9.18 Å². The van der Waals surface area contributed by atoms with E-state index in [1.807, 2.05) is 37.3 Å². The van der Waals surface area contributed by atoms with Gasteiger partial charge in [-0.2, -0.15) is 0 Å². The number of benzene rings is 2. The third-order valence-corrected chi connectivity index (χ3v) is 5.49. The van der Waals surface area contributed by atoms with Gasteiger partial charge in [0.05, 0.1) is 4.91 Å². The second-order valence-electron chi connectivity index (χ2n) is 6.72. The summed E-state index contributed by atoms with van der Waals surface area (Å²) in [6.45, 7) is 2.22. The van der Waals surface area contributed by atoms with Gasteiger partial charge in [0, 0.05) is 25.1 Å². The highest BCUT2D eigenvalue weighted by atomic mass is 32.2. The summed E-state index contributed by atoms with van der Waals surface area (Å²) >= 11 is 0.771. The van der Waals surface area contributed by atoms with Crippen LogP contribution in [0.15, 0.2) is 59.5 Å². The molecule has 2 aromatic carbocycles. The summed E-state index contributed by atoms with van der Waals surface area (Å²) < 4.78 is 13.8. The number of hydrogen-bond acceptors (Lipinski definition) is 4. The van der Waals surface area contributed by atoms with Crippen molar-refractivity contribution in [2.24, 2.45) is 0 Å². The smallest absolute Gasteiger partial charge is 0.293 e.